The zero-order chi connectivity index (χ0) is 16.7. The molecule has 0 heterocycles. The molecule has 4 heteroatoms. The topological polar surface area (TPSA) is 49.3 Å². The van der Waals surface area contributed by atoms with E-state index in [9.17, 15) is 9.46 Å². The van der Waals surface area contributed by atoms with Gasteiger partial charge < -0.3 is 4.89 Å². The first-order valence-corrected chi connectivity index (χ1v) is 10.4. The zero-order valence-corrected chi connectivity index (χ0v) is 15.1. The number of benzene rings is 2. The average Bonchev–Trinajstić information content (AvgIpc) is 2.51. The van der Waals surface area contributed by atoms with E-state index >= 15 is 0 Å². The second-order valence-electron chi connectivity index (χ2n) is 6.38. The Morgan fingerprint density at radius 2 is 1.87 bits per heavy atom. The van der Waals surface area contributed by atoms with Gasteiger partial charge in [-0.1, -0.05) is 55.8 Å². The minimum atomic E-state index is -3.19. The van der Waals surface area contributed by atoms with E-state index in [1.54, 1.807) is 0 Å². The van der Waals surface area contributed by atoms with Crippen LogP contribution in [0.5, 0.6) is 0 Å². The maximum atomic E-state index is 12.1. The quantitative estimate of drug-likeness (QED) is 0.494. The Balaban J connectivity index is 1.78. The molecule has 0 amide bonds. The third-order valence-corrected chi connectivity index (χ3v) is 5.90. The van der Waals surface area contributed by atoms with Gasteiger partial charge in [-0.2, -0.15) is 0 Å². The molecule has 0 fully saturated rings. The van der Waals surface area contributed by atoms with Crippen molar-refractivity contribution >= 4 is 18.3 Å². The predicted molar refractivity (Wildman–Crippen MR) is 99.1 cm³/mol. The van der Waals surface area contributed by atoms with Crippen molar-refractivity contribution in [2.24, 2.45) is 0 Å². The molecule has 126 valence electrons. The van der Waals surface area contributed by atoms with Gasteiger partial charge in [-0.25, -0.2) is 5.09 Å². The van der Waals surface area contributed by atoms with E-state index in [0.717, 1.165) is 32.1 Å². The summed E-state index contributed by atoms with van der Waals surface area (Å²) in [6.45, 7) is 4.06. The lowest BCUT2D eigenvalue weighted by Gasteiger charge is -2.18. The molecule has 0 aliphatic carbocycles. The molecule has 23 heavy (non-hydrogen) atoms. The first kappa shape index (κ1) is 18.2. The highest BCUT2D eigenvalue weighted by molar-refractivity contribution is 7.55. The van der Waals surface area contributed by atoms with Crippen LogP contribution in [0.1, 0.15) is 45.1 Å². The van der Waals surface area contributed by atoms with Crippen LogP contribution in [0.3, 0.4) is 0 Å². The van der Waals surface area contributed by atoms with Crippen molar-refractivity contribution in [1.29, 1.82) is 0 Å². The lowest BCUT2D eigenvalue weighted by Crippen LogP contribution is -2.24. The van der Waals surface area contributed by atoms with Gasteiger partial charge in [0, 0.05) is 12.2 Å². The monoisotopic (exact) mass is 333 g/mol. The molecule has 2 atom stereocenters. The van der Waals surface area contributed by atoms with Crippen molar-refractivity contribution in [3.63, 3.8) is 0 Å². The van der Waals surface area contributed by atoms with E-state index < -0.39 is 7.52 Å². The van der Waals surface area contributed by atoms with Gasteiger partial charge in [0.2, 0.25) is 0 Å². The molecule has 2 N–H and O–H groups in total. The summed E-state index contributed by atoms with van der Waals surface area (Å²) in [5.74, 6) is 0. The molecule has 0 aliphatic rings. The molecule has 0 spiro atoms. The van der Waals surface area contributed by atoms with Gasteiger partial charge in [0.25, 0.3) is 7.52 Å². The summed E-state index contributed by atoms with van der Waals surface area (Å²) in [7, 11) is -3.19. The summed E-state index contributed by atoms with van der Waals surface area (Å²) in [5.41, 5.74) is 1.30. The second kappa shape index (κ2) is 8.63. The Labute approximate surface area is 139 Å². The fourth-order valence-corrected chi connectivity index (χ4v) is 4.56. The normalized spacial score (nSPS) is 15.4. The van der Waals surface area contributed by atoms with Crippen molar-refractivity contribution < 1.29 is 9.46 Å². The average molecular weight is 333 g/mol. The molecular weight excluding hydrogens is 305 g/mol. The van der Waals surface area contributed by atoms with Crippen LogP contribution in [0.15, 0.2) is 42.5 Å². The number of rotatable bonds is 9. The Kier molecular flexibility index (Phi) is 6.83. The van der Waals surface area contributed by atoms with E-state index in [1.807, 2.05) is 13.0 Å². The SMILES string of the molecule is CCCC(C)NP(=O)(O)CCCCc1ccc2ccccc2c1. The zero-order valence-electron chi connectivity index (χ0n) is 14.2. The number of nitrogens with one attached hydrogen (secondary N) is 1. The van der Waals surface area contributed by atoms with Crippen LogP contribution < -0.4 is 5.09 Å². The van der Waals surface area contributed by atoms with Crippen LogP contribution in [-0.4, -0.2) is 17.1 Å². The largest absolute Gasteiger partial charge is 0.333 e. The summed E-state index contributed by atoms with van der Waals surface area (Å²) in [4.78, 5) is 9.99. The summed E-state index contributed by atoms with van der Waals surface area (Å²) < 4.78 is 12.1. The van der Waals surface area contributed by atoms with Crippen LogP contribution in [0, 0.1) is 0 Å². The maximum absolute atomic E-state index is 12.1. The van der Waals surface area contributed by atoms with Crippen LogP contribution in [0.25, 0.3) is 10.8 Å². The van der Waals surface area contributed by atoms with E-state index in [1.165, 1.54) is 16.3 Å². The number of unbranched alkanes of at least 4 members (excludes halogenated alkanes) is 1. The van der Waals surface area contributed by atoms with E-state index in [2.05, 4.69) is 48.4 Å². The molecular formula is C19H28NO2P. The fraction of sp³-hybridized carbons (Fsp3) is 0.474. The van der Waals surface area contributed by atoms with Gasteiger partial charge in [-0.15, -0.1) is 0 Å². The Bertz CT molecular complexity index is 671. The minimum Gasteiger partial charge on any atom is -0.333 e. The molecule has 2 rings (SSSR count). The van der Waals surface area contributed by atoms with Crippen molar-refractivity contribution in [1.82, 2.24) is 5.09 Å². The predicted octanol–water partition coefficient (Wildman–Crippen LogP) is 5.13. The molecule has 0 radical (unpaired) electrons. The van der Waals surface area contributed by atoms with E-state index in [4.69, 9.17) is 0 Å². The lowest BCUT2D eigenvalue weighted by molar-refractivity contribution is 0.442. The lowest BCUT2D eigenvalue weighted by atomic mass is 10.0. The summed E-state index contributed by atoms with van der Waals surface area (Å²) in [6, 6.07) is 15.0. The molecule has 3 nitrogen and oxygen atoms in total. The van der Waals surface area contributed by atoms with Crippen molar-refractivity contribution in [2.75, 3.05) is 6.16 Å². The van der Waals surface area contributed by atoms with Crippen molar-refractivity contribution in [3.05, 3.63) is 48.0 Å². The first-order chi connectivity index (χ1) is 11.0. The molecule has 2 aromatic carbocycles. The number of hydrogen-bond donors (Lipinski definition) is 2. The first-order valence-electron chi connectivity index (χ1n) is 8.57. The fourth-order valence-electron chi connectivity index (χ4n) is 2.96. The van der Waals surface area contributed by atoms with Gasteiger partial charge >= 0.3 is 0 Å². The van der Waals surface area contributed by atoms with Crippen LogP contribution in [0.4, 0.5) is 0 Å². The summed E-state index contributed by atoms with van der Waals surface area (Å²) in [6.07, 6.45) is 4.97. The smallest absolute Gasteiger partial charge is 0.267 e. The molecule has 0 aliphatic heterocycles. The van der Waals surface area contributed by atoms with Gasteiger partial charge in [0.15, 0.2) is 0 Å². The molecule has 2 unspecified atom stereocenters. The molecule has 0 bridgehead atoms. The van der Waals surface area contributed by atoms with E-state index in [-0.39, 0.29) is 6.04 Å². The highest BCUT2D eigenvalue weighted by Crippen LogP contribution is 2.37. The van der Waals surface area contributed by atoms with Gasteiger partial charge in [0.05, 0.1) is 0 Å². The standard InChI is InChI=1S/C19H28NO2P/c1-3-8-16(2)20-23(21,22)14-7-6-9-17-12-13-18-10-4-5-11-19(18)15-17/h4-5,10-13,15-16H,3,6-9,14H2,1-2H3,(H2,20,21,22). The highest BCUT2D eigenvalue weighted by atomic mass is 31.2. The summed E-state index contributed by atoms with van der Waals surface area (Å²) in [5, 5.41) is 5.40. The number of aryl methyl sites for hydroxylation is 1. The third kappa shape index (κ3) is 6.10. The van der Waals surface area contributed by atoms with Gasteiger partial charge in [-0.05, 0) is 48.9 Å². The van der Waals surface area contributed by atoms with Crippen LogP contribution in [-0.2, 0) is 11.0 Å². The van der Waals surface area contributed by atoms with Crippen LogP contribution >= 0.6 is 7.52 Å². The Hall–Kier alpha value is -1.15. The molecule has 2 aromatic rings. The van der Waals surface area contributed by atoms with Crippen molar-refractivity contribution in [2.45, 2.75) is 52.0 Å². The number of hydrogen-bond acceptors (Lipinski definition) is 1. The number of fused-ring (bicyclic) bond motifs is 1. The van der Waals surface area contributed by atoms with Crippen LogP contribution in [0.2, 0.25) is 0 Å². The van der Waals surface area contributed by atoms with E-state index in [0.29, 0.717) is 6.16 Å². The van der Waals surface area contributed by atoms with Gasteiger partial charge in [-0.3, -0.25) is 4.57 Å². The Morgan fingerprint density at radius 1 is 1.13 bits per heavy atom. The minimum absolute atomic E-state index is 0.108. The van der Waals surface area contributed by atoms with Crippen molar-refractivity contribution in [3.8, 4) is 0 Å². The Morgan fingerprint density at radius 3 is 2.61 bits per heavy atom. The summed E-state index contributed by atoms with van der Waals surface area (Å²) >= 11 is 0. The van der Waals surface area contributed by atoms with Gasteiger partial charge in [0.1, 0.15) is 0 Å². The second-order valence-corrected chi connectivity index (χ2v) is 8.49. The highest BCUT2D eigenvalue weighted by Gasteiger charge is 2.19. The molecule has 0 aromatic heterocycles. The molecule has 0 saturated heterocycles. The molecule has 0 saturated carbocycles. The third-order valence-electron chi connectivity index (χ3n) is 4.13. The maximum Gasteiger partial charge on any atom is 0.267 e.